The predicted molar refractivity (Wildman–Crippen MR) is 82.2 cm³/mol. The van der Waals surface area contributed by atoms with Crippen LogP contribution < -0.4 is 15.4 Å². The largest absolute Gasteiger partial charge is 0.496 e. The van der Waals surface area contributed by atoms with Crippen molar-refractivity contribution < 1.29 is 4.74 Å². The molecule has 1 rings (SSSR count). The van der Waals surface area contributed by atoms with Crippen molar-refractivity contribution in [3.8, 4) is 5.75 Å². The van der Waals surface area contributed by atoms with E-state index >= 15 is 0 Å². The molecule has 108 valence electrons. The number of hydrogen-bond acceptors (Lipinski definition) is 3. The SMILES string of the molecule is CCc1cc(C(C)(C)CNCCNC)ccc1OC. The number of methoxy groups -OCH3 is 1. The van der Waals surface area contributed by atoms with E-state index in [1.807, 2.05) is 7.05 Å². The average molecular weight is 264 g/mol. The lowest BCUT2D eigenvalue weighted by molar-refractivity contribution is 0.408. The van der Waals surface area contributed by atoms with Gasteiger partial charge in [-0.2, -0.15) is 0 Å². The Hall–Kier alpha value is -1.06. The lowest BCUT2D eigenvalue weighted by atomic mass is 9.83. The first kappa shape index (κ1) is 16.0. The third-order valence-corrected chi connectivity index (χ3v) is 3.56. The standard InChI is InChI=1S/C16H28N2O/c1-6-13-11-14(7-8-15(13)19-5)16(2,3)12-18-10-9-17-4/h7-8,11,17-18H,6,9-10,12H2,1-5H3. The number of benzene rings is 1. The van der Waals surface area contributed by atoms with Crippen LogP contribution >= 0.6 is 0 Å². The first-order chi connectivity index (χ1) is 9.05. The summed E-state index contributed by atoms with van der Waals surface area (Å²) in [6.07, 6.45) is 1.00. The van der Waals surface area contributed by atoms with Crippen molar-refractivity contribution >= 4 is 0 Å². The summed E-state index contributed by atoms with van der Waals surface area (Å²) in [6.45, 7) is 9.70. The molecule has 0 atom stereocenters. The van der Waals surface area contributed by atoms with E-state index in [9.17, 15) is 0 Å². The van der Waals surface area contributed by atoms with Gasteiger partial charge in [-0.1, -0.05) is 32.9 Å². The highest BCUT2D eigenvalue weighted by molar-refractivity contribution is 5.40. The zero-order chi connectivity index (χ0) is 14.3. The Morgan fingerprint density at radius 2 is 1.95 bits per heavy atom. The van der Waals surface area contributed by atoms with Crippen LogP contribution in [0.25, 0.3) is 0 Å². The minimum Gasteiger partial charge on any atom is -0.496 e. The van der Waals surface area contributed by atoms with Crippen LogP contribution in [0.1, 0.15) is 31.9 Å². The summed E-state index contributed by atoms with van der Waals surface area (Å²) in [5.74, 6) is 0.991. The fourth-order valence-corrected chi connectivity index (χ4v) is 2.19. The second kappa shape index (κ2) is 7.51. The molecule has 0 aliphatic heterocycles. The smallest absolute Gasteiger partial charge is 0.122 e. The normalized spacial score (nSPS) is 11.6. The lowest BCUT2D eigenvalue weighted by Gasteiger charge is -2.27. The highest BCUT2D eigenvalue weighted by atomic mass is 16.5. The maximum atomic E-state index is 5.39. The number of hydrogen-bond donors (Lipinski definition) is 2. The Morgan fingerprint density at radius 1 is 1.21 bits per heavy atom. The molecule has 3 nitrogen and oxygen atoms in total. The quantitative estimate of drug-likeness (QED) is 0.707. The second-order valence-corrected chi connectivity index (χ2v) is 5.54. The van der Waals surface area contributed by atoms with Gasteiger partial charge in [-0.05, 0) is 30.7 Å². The molecule has 2 N–H and O–H groups in total. The maximum absolute atomic E-state index is 5.39. The summed E-state index contributed by atoms with van der Waals surface area (Å²) >= 11 is 0. The van der Waals surface area contributed by atoms with E-state index in [0.717, 1.165) is 31.8 Å². The van der Waals surface area contributed by atoms with Gasteiger partial charge in [0.15, 0.2) is 0 Å². The number of ether oxygens (including phenoxy) is 1. The van der Waals surface area contributed by atoms with Crippen LogP contribution in [0.5, 0.6) is 5.75 Å². The molecule has 0 amide bonds. The number of nitrogens with one attached hydrogen (secondary N) is 2. The van der Waals surface area contributed by atoms with Crippen molar-refractivity contribution in [3.63, 3.8) is 0 Å². The van der Waals surface area contributed by atoms with E-state index in [0.29, 0.717) is 0 Å². The molecule has 0 aromatic heterocycles. The third kappa shape index (κ3) is 4.51. The monoisotopic (exact) mass is 264 g/mol. The highest BCUT2D eigenvalue weighted by Crippen LogP contribution is 2.28. The van der Waals surface area contributed by atoms with Crippen molar-refractivity contribution in [1.29, 1.82) is 0 Å². The van der Waals surface area contributed by atoms with Crippen LogP contribution in [0.2, 0.25) is 0 Å². The Labute approximate surface area is 117 Å². The van der Waals surface area contributed by atoms with Gasteiger partial charge in [-0.15, -0.1) is 0 Å². The summed E-state index contributed by atoms with van der Waals surface area (Å²) in [5, 5.41) is 6.65. The molecule has 0 bridgehead atoms. The van der Waals surface area contributed by atoms with Crippen LogP contribution in [-0.2, 0) is 11.8 Å². The molecule has 0 fully saturated rings. The van der Waals surface area contributed by atoms with Crippen molar-refractivity contribution in [3.05, 3.63) is 29.3 Å². The number of rotatable bonds is 8. The Morgan fingerprint density at radius 3 is 2.53 bits per heavy atom. The van der Waals surface area contributed by atoms with Gasteiger partial charge in [-0.3, -0.25) is 0 Å². The summed E-state index contributed by atoms with van der Waals surface area (Å²) in [7, 11) is 3.71. The van der Waals surface area contributed by atoms with E-state index in [-0.39, 0.29) is 5.41 Å². The van der Waals surface area contributed by atoms with E-state index in [4.69, 9.17) is 4.74 Å². The first-order valence-corrected chi connectivity index (χ1v) is 7.08. The lowest BCUT2D eigenvalue weighted by Crippen LogP contribution is -2.36. The van der Waals surface area contributed by atoms with Crippen LogP contribution in [0.3, 0.4) is 0 Å². The Kier molecular flexibility index (Phi) is 6.32. The Balaban J connectivity index is 2.76. The molecule has 0 radical (unpaired) electrons. The van der Waals surface area contributed by atoms with Gasteiger partial charge < -0.3 is 15.4 Å². The van der Waals surface area contributed by atoms with Crippen molar-refractivity contribution in [2.75, 3.05) is 33.8 Å². The molecule has 0 aliphatic rings. The predicted octanol–water partition coefficient (Wildman–Crippen LogP) is 2.34. The summed E-state index contributed by atoms with van der Waals surface area (Å²) in [4.78, 5) is 0. The van der Waals surface area contributed by atoms with Crippen LogP contribution in [0, 0.1) is 0 Å². The summed E-state index contributed by atoms with van der Waals surface area (Å²) < 4.78 is 5.39. The van der Waals surface area contributed by atoms with Gasteiger partial charge in [0.2, 0.25) is 0 Å². The maximum Gasteiger partial charge on any atom is 0.122 e. The van der Waals surface area contributed by atoms with Crippen LogP contribution in [0.15, 0.2) is 18.2 Å². The van der Waals surface area contributed by atoms with Crippen molar-refractivity contribution in [1.82, 2.24) is 10.6 Å². The zero-order valence-electron chi connectivity index (χ0n) is 13.0. The topological polar surface area (TPSA) is 33.3 Å². The van der Waals surface area contributed by atoms with Crippen molar-refractivity contribution in [2.24, 2.45) is 0 Å². The molecule has 0 saturated carbocycles. The van der Waals surface area contributed by atoms with E-state index in [1.54, 1.807) is 7.11 Å². The molecule has 1 aromatic rings. The zero-order valence-corrected chi connectivity index (χ0v) is 13.0. The summed E-state index contributed by atoms with van der Waals surface area (Å²) in [5.41, 5.74) is 2.77. The average Bonchev–Trinajstić information content (AvgIpc) is 2.42. The molecule has 0 aliphatic carbocycles. The minimum absolute atomic E-state index is 0.129. The van der Waals surface area contributed by atoms with Crippen LogP contribution in [0.4, 0.5) is 0 Å². The fraction of sp³-hybridized carbons (Fsp3) is 0.625. The fourth-order valence-electron chi connectivity index (χ4n) is 2.19. The van der Waals surface area contributed by atoms with Crippen molar-refractivity contribution in [2.45, 2.75) is 32.6 Å². The van der Waals surface area contributed by atoms with Crippen LogP contribution in [-0.4, -0.2) is 33.8 Å². The van der Waals surface area contributed by atoms with E-state index in [2.05, 4.69) is 49.6 Å². The molecule has 0 unspecified atom stereocenters. The Bertz CT molecular complexity index is 388. The summed E-state index contributed by atoms with van der Waals surface area (Å²) in [6, 6.07) is 6.54. The number of aryl methyl sites for hydroxylation is 1. The van der Waals surface area contributed by atoms with Gasteiger partial charge in [0.25, 0.3) is 0 Å². The van der Waals surface area contributed by atoms with Gasteiger partial charge in [-0.25, -0.2) is 0 Å². The molecule has 0 spiro atoms. The van der Waals surface area contributed by atoms with Gasteiger partial charge in [0.1, 0.15) is 5.75 Å². The molecular formula is C16H28N2O. The van der Waals surface area contributed by atoms with Gasteiger partial charge >= 0.3 is 0 Å². The minimum atomic E-state index is 0.129. The first-order valence-electron chi connectivity index (χ1n) is 7.08. The van der Waals surface area contributed by atoms with E-state index < -0.39 is 0 Å². The number of likely N-dealkylation sites (N-methyl/N-ethyl adjacent to an activating group) is 1. The molecule has 0 saturated heterocycles. The molecular weight excluding hydrogens is 236 g/mol. The molecule has 1 aromatic carbocycles. The van der Waals surface area contributed by atoms with Gasteiger partial charge in [0.05, 0.1) is 7.11 Å². The van der Waals surface area contributed by atoms with Gasteiger partial charge in [0, 0.05) is 25.0 Å². The molecule has 0 heterocycles. The third-order valence-electron chi connectivity index (χ3n) is 3.56. The highest BCUT2D eigenvalue weighted by Gasteiger charge is 2.21. The molecule has 3 heteroatoms. The van der Waals surface area contributed by atoms with E-state index in [1.165, 1.54) is 11.1 Å². The molecule has 19 heavy (non-hydrogen) atoms. The second-order valence-electron chi connectivity index (χ2n) is 5.54.